The summed E-state index contributed by atoms with van der Waals surface area (Å²) in [6, 6.07) is 0.505. The Kier molecular flexibility index (Phi) is 6.17. The fraction of sp³-hybridized carbons (Fsp3) is 0.857. The molecule has 2 rings (SSSR count). The van der Waals surface area contributed by atoms with Crippen LogP contribution in [0.2, 0.25) is 0 Å². The quantitative estimate of drug-likeness (QED) is 0.795. The predicted octanol–water partition coefficient (Wildman–Crippen LogP) is 2.49. The number of aryl methyl sites for hydroxylation is 1. The van der Waals surface area contributed by atoms with E-state index in [2.05, 4.69) is 41.1 Å². The zero-order valence-electron chi connectivity index (χ0n) is 12.1. The van der Waals surface area contributed by atoms with E-state index < -0.39 is 0 Å². The molecular weight excluding hydrogens is 256 g/mol. The Morgan fingerprint density at radius 1 is 1.47 bits per heavy atom. The molecule has 1 heterocycles. The van der Waals surface area contributed by atoms with E-state index in [1.54, 1.807) is 6.33 Å². The number of thioether (sulfide) groups is 1. The van der Waals surface area contributed by atoms with Crippen molar-refractivity contribution in [3.05, 3.63) is 12.2 Å². The molecule has 5 heteroatoms. The van der Waals surface area contributed by atoms with Gasteiger partial charge in [-0.15, -0.1) is 0 Å². The smallest absolute Gasteiger partial charge is 0.138 e. The third-order valence-electron chi connectivity index (χ3n) is 3.80. The van der Waals surface area contributed by atoms with E-state index in [0.717, 1.165) is 30.5 Å². The minimum absolute atomic E-state index is 0.505. The molecule has 1 unspecified atom stereocenters. The summed E-state index contributed by atoms with van der Waals surface area (Å²) in [6.07, 6.45) is 9.44. The van der Waals surface area contributed by atoms with E-state index in [9.17, 15) is 0 Å². The highest BCUT2D eigenvalue weighted by molar-refractivity contribution is 7.99. The minimum Gasteiger partial charge on any atom is -0.316 e. The second-order valence-electron chi connectivity index (χ2n) is 5.33. The van der Waals surface area contributed by atoms with Crippen LogP contribution in [0, 0.1) is 0 Å². The van der Waals surface area contributed by atoms with Gasteiger partial charge in [-0.25, -0.2) is 4.98 Å². The van der Waals surface area contributed by atoms with Gasteiger partial charge in [0.15, 0.2) is 0 Å². The molecule has 0 bridgehead atoms. The second-order valence-corrected chi connectivity index (χ2v) is 6.66. The molecule has 1 aromatic rings. The molecule has 1 aliphatic rings. The van der Waals surface area contributed by atoms with Crippen LogP contribution in [0.25, 0.3) is 0 Å². The Labute approximate surface area is 120 Å². The van der Waals surface area contributed by atoms with Crippen LogP contribution in [-0.4, -0.2) is 38.9 Å². The highest BCUT2D eigenvalue weighted by Crippen LogP contribution is 2.29. The van der Waals surface area contributed by atoms with Crippen molar-refractivity contribution >= 4 is 11.8 Å². The molecule has 0 amide bonds. The number of hydrogen-bond acceptors (Lipinski definition) is 4. The zero-order chi connectivity index (χ0) is 13.5. The van der Waals surface area contributed by atoms with Crippen LogP contribution >= 0.6 is 11.8 Å². The first-order chi connectivity index (χ1) is 9.33. The fourth-order valence-electron chi connectivity index (χ4n) is 2.62. The standard InChI is InChI=1S/C14H26N4S/c1-3-8-18-14(16-11-17-18)9-12(15-2)10-19-13-6-4-5-7-13/h11-13,15H,3-10H2,1-2H3. The minimum atomic E-state index is 0.505. The van der Waals surface area contributed by atoms with Gasteiger partial charge in [0, 0.05) is 30.0 Å². The molecular formula is C14H26N4S. The first-order valence-corrected chi connectivity index (χ1v) is 8.54. The molecule has 0 aliphatic heterocycles. The number of nitrogens with zero attached hydrogens (tertiary/aromatic N) is 3. The second kappa shape index (κ2) is 7.90. The molecule has 1 saturated carbocycles. The Balaban J connectivity index is 1.81. The summed E-state index contributed by atoms with van der Waals surface area (Å²) in [5.74, 6) is 2.30. The molecule has 0 aromatic carbocycles. The maximum atomic E-state index is 4.40. The van der Waals surface area contributed by atoms with E-state index in [4.69, 9.17) is 0 Å². The summed E-state index contributed by atoms with van der Waals surface area (Å²) in [5.41, 5.74) is 0. The van der Waals surface area contributed by atoms with Gasteiger partial charge in [0.2, 0.25) is 0 Å². The van der Waals surface area contributed by atoms with Gasteiger partial charge in [0.25, 0.3) is 0 Å². The molecule has 1 aliphatic carbocycles. The van der Waals surface area contributed by atoms with Gasteiger partial charge in [-0.2, -0.15) is 16.9 Å². The van der Waals surface area contributed by atoms with Crippen molar-refractivity contribution in [2.75, 3.05) is 12.8 Å². The lowest BCUT2D eigenvalue weighted by atomic mass is 10.2. The largest absolute Gasteiger partial charge is 0.316 e. The van der Waals surface area contributed by atoms with Crippen molar-refractivity contribution in [2.45, 2.75) is 63.3 Å². The van der Waals surface area contributed by atoms with Crippen LogP contribution in [-0.2, 0) is 13.0 Å². The lowest BCUT2D eigenvalue weighted by molar-refractivity contribution is 0.528. The topological polar surface area (TPSA) is 42.7 Å². The van der Waals surface area contributed by atoms with E-state index in [1.807, 2.05) is 4.68 Å². The molecule has 0 spiro atoms. The Morgan fingerprint density at radius 3 is 2.95 bits per heavy atom. The van der Waals surface area contributed by atoms with Crippen molar-refractivity contribution < 1.29 is 0 Å². The third kappa shape index (κ3) is 4.49. The lowest BCUT2D eigenvalue weighted by Crippen LogP contribution is -2.32. The first-order valence-electron chi connectivity index (χ1n) is 7.49. The van der Waals surface area contributed by atoms with E-state index in [0.29, 0.717) is 6.04 Å². The van der Waals surface area contributed by atoms with Crippen LogP contribution in [0.3, 0.4) is 0 Å². The lowest BCUT2D eigenvalue weighted by Gasteiger charge is -2.18. The summed E-state index contributed by atoms with van der Waals surface area (Å²) < 4.78 is 2.05. The van der Waals surface area contributed by atoms with Crippen molar-refractivity contribution in [3.63, 3.8) is 0 Å². The fourth-order valence-corrected chi connectivity index (χ4v) is 4.07. The molecule has 108 valence electrons. The van der Waals surface area contributed by atoms with E-state index >= 15 is 0 Å². The normalized spacial score (nSPS) is 18.0. The molecule has 1 aromatic heterocycles. The molecule has 19 heavy (non-hydrogen) atoms. The molecule has 4 nitrogen and oxygen atoms in total. The Morgan fingerprint density at radius 2 is 2.26 bits per heavy atom. The van der Waals surface area contributed by atoms with Gasteiger partial charge in [0.05, 0.1) is 0 Å². The average Bonchev–Trinajstić information content (AvgIpc) is 3.07. The Bertz CT molecular complexity index is 360. The number of nitrogens with one attached hydrogen (secondary N) is 1. The monoisotopic (exact) mass is 282 g/mol. The van der Waals surface area contributed by atoms with Crippen molar-refractivity contribution in [1.82, 2.24) is 20.1 Å². The van der Waals surface area contributed by atoms with Crippen molar-refractivity contribution in [2.24, 2.45) is 0 Å². The predicted molar refractivity (Wildman–Crippen MR) is 81.6 cm³/mol. The van der Waals surface area contributed by atoms with Gasteiger partial charge in [-0.1, -0.05) is 19.8 Å². The van der Waals surface area contributed by atoms with Crippen molar-refractivity contribution in [1.29, 1.82) is 0 Å². The van der Waals surface area contributed by atoms with Crippen LogP contribution in [0.15, 0.2) is 6.33 Å². The van der Waals surface area contributed by atoms with Crippen molar-refractivity contribution in [3.8, 4) is 0 Å². The molecule has 1 fully saturated rings. The summed E-state index contributed by atoms with van der Waals surface area (Å²) in [7, 11) is 2.06. The van der Waals surface area contributed by atoms with Gasteiger partial charge >= 0.3 is 0 Å². The maximum absolute atomic E-state index is 4.40. The number of hydrogen-bond donors (Lipinski definition) is 1. The molecule has 0 saturated heterocycles. The van der Waals surface area contributed by atoms with Crippen LogP contribution in [0.1, 0.15) is 44.9 Å². The third-order valence-corrected chi connectivity index (χ3v) is 5.34. The summed E-state index contributed by atoms with van der Waals surface area (Å²) in [4.78, 5) is 4.40. The number of aromatic nitrogens is 3. The summed E-state index contributed by atoms with van der Waals surface area (Å²) in [5, 5.41) is 8.63. The highest BCUT2D eigenvalue weighted by atomic mass is 32.2. The van der Waals surface area contributed by atoms with Gasteiger partial charge in [0.1, 0.15) is 12.2 Å². The summed E-state index contributed by atoms with van der Waals surface area (Å²) in [6.45, 7) is 3.15. The Hall–Kier alpha value is -0.550. The number of rotatable bonds is 8. The average molecular weight is 282 g/mol. The SMILES string of the molecule is CCCn1ncnc1CC(CSC1CCCC1)NC. The van der Waals surface area contributed by atoms with Gasteiger partial charge in [-0.05, 0) is 26.3 Å². The summed E-state index contributed by atoms with van der Waals surface area (Å²) >= 11 is 2.14. The first kappa shape index (κ1) is 14.9. The van der Waals surface area contributed by atoms with E-state index in [1.165, 1.54) is 31.4 Å². The molecule has 1 atom stereocenters. The van der Waals surface area contributed by atoms with Crippen LogP contribution in [0.4, 0.5) is 0 Å². The van der Waals surface area contributed by atoms with Crippen LogP contribution < -0.4 is 5.32 Å². The van der Waals surface area contributed by atoms with Gasteiger partial charge in [-0.3, -0.25) is 4.68 Å². The molecule has 0 radical (unpaired) electrons. The molecule has 1 N–H and O–H groups in total. The zero-order valence-corrected chi connectivity index (χ0v) is 13.0. The highest BCUT2D eigenvalue weighted by Gasteiger charge is 2.18. The number of likely N-dealkylation sites (N-methyl/N-ethyl adjacent to an activating group) is 1. The van der Waals surface area contributed by atoms with E-state index in [-0.39, 0.29) is 0 Å². The van der Waals surface area contributed by atoms with Gasteiger partial charge < -0.3 is 5.32 Å². The maximum Gasteiger partial charge on any atom is 0.138 e. The van der Waals surface area contributed by atoms with Crippen LogP contribution in [0.5, 0.6) is 0 Å².